The van der Waals surface area contributed by atoms with Crippen LogP contribution in [-0.2, 0) is 11.2 Å². The Hall–Kier alpha value is -1.87. The maximum Gasteiger partial charge on any atom is 0.311 e. The molecular formula is C15H14ClNO2. The minimum atomic E-state index is -0.839. The highest BCUT2D eigenvalue weighted by molar-refractivity contribution is 6.30. The van der Waals surface area contributed by atoms with Gasteiger partial charge in [-0.15, -0.1) is 0 Å². The van der Waals surface area contributed by atoms with Crippen LogP contribution in [-0.4, -0.2) is 16.1 Å². The first-order valence-corrected chi connectivity index (χ1v) is 6.33. The third-order valence-electron chi connectivity index (χ3n) is 3.07. The van der Waals surface area contributed by atoms with Crippen LogP contribution in [0.15, 0.2) is 42.7 Å². The van der Waals surface area contributed by atoms with E-state index in [1.165, 1.54) is 0 Å². The summed E-state index contributed by atoms with van der Waals surface area (Å²) in [5.74, 6) is -1.42. The van der Waals surface area contributed by atoms with Crippen molar-refractivity contribution in [3.8, 4) is 0 Å². The monoisotopic (exact) mass is 275 g/mol. The van der Waals surface area contributed by atoms with Crippen LogP contribution in [0.2, 0.25) is 5.02 Å². The SMILES string of the molecule is Cc1cnccc1C(Cc1cccc(Cl)c1)C(=O)O. The second-order valence-corrected chi connectivity index (χ2v) is 4.89. The highest BCUT2D eigenvalue weighted by atomic mass is 35.5. The minimum absolute atomic E-state index is 0.417. The summed E-state index contributed by atoms with van der Waals surface area (Å²) in [4.78, 5) is 15.5. The van der Waals surface area contributed by atoms with Crippen LogP contribution >= 0.6 is 11.6 Å². The Morgan fingerprint density at radius 1 is 1.42 bits per heavy atom. The molecule has 0 aliphatic carbocycles. The zero-order valence-corrected chi connectivity index (χ0v) is 11.3. The predicted molar refractivity (Wildman–Crippen MR) is 74.5 cm³/mol. The fourth-order valence-corrected chi connectivity index (χ4v) is 2.32. The Kier molecular flexibility index (Phi) is 4.17. The molecule has 1 heterocycles. The largest absolute Gasteiger partial charge is 0.481 e. The number of aryl methyl sites for hydroxylation is 1. The Morgan fingerprint density at radius 3 is 2.84 bits per heavy atom. The minimum Gasteiger partial charge on any atom is -0.481 e. The first kappa shape index (κ1) is 13.6. The molecule has 0 aliphatic heterocycles. The van der Waals surface area contributed by atoms with Gasteiger partial charge in [-0.05, 0) is 48.2 Å². The lowest BCUT2D eigenvalue weighted by molar-refractivity contribution is -0.138. The number of aliphatic carboxylic acids is 1. The van der Waals surface area contributed by atoms with Gasteiger partial charge in [0.25, 0.3) is 0 Å². The molecule has 1 atom stereocenters. The summed E-state index contributed by atoms with van der Waals surface area (Å²) in [5.41, 5.74) is 2.59. The molecule has 4 heteroatoms. The van der Waals surface area contributed by atoms with Crippen molar-refractivity contribution in [3.63, 3.8) is 0 Å². The molecule has 0 saturated heterocycles. The van der Waals surface area contributed by atoms with Crippen LogP contribution in [0.5, 0.6) is 0 Å². The number of aromatic nitrogens is 1. The third kappa shape index (κ3) is 3.32. The molecule has 1 unspecified atom stereocenters. The van der Waals surface area contributed by atoms with Gasteiger partial charge in [-0.3, -0.25) is 9.78 Å². The van der Waals surface area contributed by atoms with E-state index in [4.69, 9.17) is 11.6 Å². The number of rotatable bonds is 4. The molecule has 2 aromatic rings. The molecule has 0 spiro atoms. The van der Waals surface area contributed by atoms with Crippen molar-refractivity contribution >= 4 is 17.6 Å². The van der Waals surface area contributed by atoms with E-state index in [1.807, 2.05) is 19.1 Å². The van der Waals surface area contributed by atoms with E-state index in [1.54, 1.807) is 30.6 Å². The van der Waals surface area contributed by atoms with E-state index in [9.17, 15) is 9.90 Å². The van der Waals surface area contributed by atoms with Gasteiger partial charge in [0.1, 0.15) is 0 Å². The molecule has 19 heavy (non-hydrogen) atoms. The Morgan fingerprint density at radius 2 is 2.21 bits per heavy atom. The molecule has 0 saturated carbocycles. The first-order valence-electron chi connectivity index (χ1n) is 5.95. The van der Waals surface area contributed by atoms with Gasteiger partial charge in [0.15, 0.2) is 0 Å². The van der Waals surface area contributed by atoms with E-state index in [0.717, 1.165) is 16.7 Å². The molecule has 3 nitrogen and oxygen atoms in total. The summed E-state index contributed by atoms with van der Waals surface area (Å²) in [6.45, 7) is 1.87. The van der Waals surface area contributed by atoms with Crippen molar-refractivity contribution in [2.75, 3.05) is 0 Å². The highest BCUT2D eigenvalue weighted by Crippen LogP contribution is 2.24. The molecule has 0 fully saturated rings. The van der Waals surface area contributed by atoms with Crippen LogP contribution in [0.25, 0.3) is 0 Å². The fourth-order valence-electron chi connectivity index (χ4n) is 2.11. The van der Waals surface area contributed by atoms with E-state index in [2.05, 4.69) is 4.98 Å². The zero-order valence-electron chi connectivity index (χ0n) is 10.5. The van der Waals surface area contributed by atoms with Crippen molar-refractivity contribution in [2.45, 2.75) is 19.3 Å². The van der Waals surface area contributed by atoms with Gasteiger partial charge in [-0.25, -0.2) is 0 Å². The van der Waals surface area contributed by atoms with Gasteiger partial charge in [0, 0.05) is 17.4 Å². The molecule has 0 bridgehead atoms. The molecule has 1 aromatic carbocycles. The van der Waals surface area contributed by atoms with E-state index in [-0.39, 0.29) is 0 Å². The van der Waals surface area contributed by atoms with E-state index < -0.39 is 11.9 Å². The van der Waals surface area contributed by atoms with Crippen molar-refractivity contribution in [2.24, 2.45) is 0 Å². The lowest BCUT2D eigenvalue weighted by Gasteiger charge is -2.15. The smallest absolute Gasteiger partial charge is 0.311 e. The van der Waals surface area contributed by atoms with E-state index in [0.29, 0.717) is 11.4 Å². The van der Waals surface area contributed by atoms with Gasteiger partial charge >= 0.3 is 5.97 Å². The average molecular weight is 276 g/mol. The van der Waals surface area contributed by atoms with Crippen molar-refractivity contribution < 1.29 is 9.90 Å². The van der Waals surface area contributed by atoms with Crippen molar-refractivity contribution in [3.05, 3.63) is 64.4 Å². The molecule has 0 amide bonds. The van der Waals surface area contributed by atoms with E-state index >= 15 is 0 Å². The van der Waals surface area contributed by atoms with Gasteiger partial charge in [0.05, 0.1) is 5.92 Å². The van der Waals surface area contributed by atoms with Crippen LogP contribution in [0, 0.1) is 6.92 Å². The second kappa shape index (κ2) is 5.85. The number of carbonyl (C=O) groups is 1. The molecule has 2 rings (SSSR count). The van der Waals surface area contributed by atoms with Gasteiger partial charge in [-0.1, -0.05) is 23.7 Å². The molecular weight excluding hydrogens is 262 g/mol. The van der Waals surface area contributed by atoms with Gasteiger partial charge in [0.2, 0.25) is 0 Å². The standard InChI is InChI=1S/C15H14ClNO2/c1-10-9-17-6-5-13(10)14(15(18)19)8-11-3-2-4-12(16)7-11/h2-7,9,14H,8H2,1H3,(H,18,19). The lowest BCUT2D eigenvalue weighted by atomic mass is 9.90. The summed E-state index contributed by atoms with van der Waals surface area (Å²) in [5, 5.41) is 10.0. The molecule has 1 N–H and O–H groups in total. The Labute approximate surface area is 116 Å². The molecule has 98 valence electrons. The van der Waals surface area contributed by atoms with Crippen LogP contribution < -0.4 is 0 Å². The predicted octanol–water partition coefficient (Wildman–Crippen LogP) is 3.45. The van der Waals surface area contributed by atoms with Gasteiger partial charge < -0.3 is 5.11 Å². The van der Waals surface area contributed by atoms with Crippen LogP contribution in [0.1, 0.15) is 22.6 Å². The zero-order chi connectivity index (χ0) is 13.8. The number of benzene rings is 1. The summed E-state index contributed by atoms with van der Waals surface area (Å²) in [7, 11) is 0. The number of halogens is 1. The number of hydrogen-bond acceptors (Lipinski definition) is 2. The average Bonchev–Trinajstić information content (AvgIpc) is 2.37. The maximum absolute atomic E-state index is 11.5. The Balaban J connectivity index is 2.32. The highest BCUT2D eigenvalue weighted by Gasteiger charge is 2.22. The Bertz CT molecular complexity index is 598. The third-order valence-corrected chi connectivity index (χ3v) is 3.30. The fraction of sp³-hybridized carbons (Fsp3) is 0.200. The number of pyridine rings is 1. The van der Waals surface area contributed by atoms with Crippen LogP contribution in [0.3, 0.4) is 0 Å². The topological polar surface area (TPSA) is 50.2 Å². The number of carboxylic acids is 1. The maximum atomic E-state index is 11.5. The molecule has 1 aromatic heterocycles. The van der Waals surface area contributed by atoms with Crippen molar-refractivity contribution in [1.29, 1.82) is 0 Å². The van der Waals surface area contributed by atoms with Gasteiger partial charge in [-0.2, -0.15) is 0 Å². The number of carboxylic acid groups (broad SMARTS) is 1. The van der Waals surface area contributed by atoms with Crippen LogP contribution in [0.4, 0.5) is 0 Å². The quantitative estimate of drug-likeness (QED) is 0.930. The second-order valence-electron chi connectivity index (χ2n) is 4.46. The summed E-state index contributed by atoms with van der Waals surface area (Å²) < 4.78 is 0. The summed E-state index contributed by atoms with van der Waals surface area (Å²) >= 11 is 5.93. The normalized spacial score (nSPS) is 12.1. The molecule has 0 radical (unpaired) electrons. The number of nitrogens with zero attached hydrogens (tertiary/aromatic N) is 1. The number of hydrogen-bond donors (Lipinski definition) is 1. The molecule has 0 aliphatic rings. The summed E-state index contributed by atoms with van der Waals surface area (Å²) in [6, 6.07) is 9.06. The lowest BCUT2D eigenvalue weighted by Crippen LogP contribution is -2.15. The van der Waals surface area contributed by atoms with Crippen molar-refractivity contribution in [1.82, 2.24) is 4.98 Å². The summed E-state index contributed by atoms with van der Waals surface area (Å²) in [6.07, 6.45) is 3.72. The first-order chi connectivity index (χ1) is 9.08.